The molecule has 0 aliphatic rings. The molecule has 1 aromatic heterocycles. The van der Waals surface area contributed by atoms with Crippen molar-refractivity contribution in [1.82, 2.24) is 20.2 Å². The molecule has 0 saturated heterocycles. The number of halogens is 1. The largest absolute Gasteiger partial charge is 0.452 e. The van der Waals surface area contributed by atoms with Gasteiger partial charge in [-0.2, -0.15) is 5.26 Å². The molecule has 152 valence electrons. The van der Waals surface area contributed by atoms with Gasteiger partial charge in [0.2, 0.25) is 0 Å². The van der Waals surface area contributed by atoms with E-state index < -0.39 is 18.5 Å². The van der Waals surface area contributed by atoms with Crippen LogP contribution in [0.3, 0.4) is 0 Å². The topological polar surface area (TPSA) is 114 Å². The molecule has 3 aromatic rings. The molecule has 0 radical (unpaired) electrons. The summed E-state index contributed by atoms with van der Waals surface area (Å²) in [5.74, 6) is -1.11. The molecule has 3 rings (SSSR count). The summed E-state index contributed by atoms with van der Waals surface area (Å²) in [6, 6.07) is 13.6. The Bertz CT molecular complexity index is 1090. The quantitative estimate of drug-likeness (QED) is 0.535. The zero-order valence-electron chi connectivity index (χ0n) is 16.0. The van der Waals surface area contributed by atoms with Gasteiger partial charge >= 0.3 is 5.97 Å². The number of benzene rings is 2. The highest BCUT2D eigenvalue weighted by atomic mass is 35.5. The average molecular weight is 425 g/mol. The monoisotopic (exact) mass is 424 g/mol. The average Bonchev–Trinajstić information content (AvgIpc) is 3.30. The number of aromatic nitrogens is 4. The summed E-state index contributed by atoms with van der Waals surface area (Å²) in [6.45, 7) is 1.51. The van der Waals surface area contributed by atoms with E-state index in [2.05, 4.69) is 15.5 Å². The van der Waals surface area contributed by atoms with E-state index in [9.17, 15) is 9.59 Å². The van der Waals surface area contributed by atoms with Crippen LogP contribution in [0.15, 0.2) is 48.8 Å². The molecule has 0 N–H and O–H groups in total. The molecule has 0 aliphatic heterocycles. The van der Waals surface area contributed by atoms with E-state index in [1.807, 2.05) is 13.0 Å². The van der Waals surface area contributed by atoms with Crippen LogP contribution in [0.1, 0.15) is 22.3 Å². The first-order valence-electron chi connectivity index (χ1n) is 8.93. The summed E-state index contributed by atoms with van der Waals surface area (Å²) in [5.41, 5.74) is 2.20. The molecule has 1 heterocycles. The van der Waals surface area contributed by atoms with Gasteiger partial charge in [-0.25, -0.2) is 9.48 Å². The van der Waals surface area contributed by atoms with Crippen LogP contribution in [0.2, 0.25) is 5.02 Å². The summed E-state index contributed by atoms with van der Waals surface area (Å²) in [6.07, 6.45) is 1.53. The van der Waals surface area contributed by atoms with Crippen LogP contribution >= 0.6 is 11.6 Å². The number of tetrazole rings is 1. The van der Waals surface area contributed by atoms with Gasteiger partial charge in [-0.1, -0.05) is 17.7 Å². The number of hydrogen-bond acceptors (Lipinski definition) is 7. The van der Waals surface area contributed by atoms with E-state index in [1.165, 1.54) is 15.9 Å². The van der Waals surface area contributed by atoms with Crippen LogP contribution in [0.4, 0.5) is 5.69 Å². The predicted molar refractivity (Wildman–Crippen MR) is 108 cm³/mol. The van der Waals surface area contributed by atoms with Crippen molar-refractivity contribution in [1.29, 1.82) is 5.26 Å². The summed E-state index contributed by atoms with van der Waals surface area (Å²) >= 11 is 6.05. The molecule has 0 fully saturated rings. The van der Waals surface area contributed by atoms with Crippen molar-refractivity contribution < 1.29 is 14.3 Å². The molecule has 0 unspecified atom stereocenters. The van der Waals surface area contributed by atoms with Crippen molar-refractivity contribution in [3.8, 4) is 11.8 Å². The molecule has 2 aromatic carbocycles. The first kappa shape index (κ1) is 21.0. The molecule has 10 heteroatoms. The third-order valence-corrected chi connectivity index (χ3v) is 4.65. The second-order valence-corrected chi connectivity index (χ2v) is 6.68. The standard InChI is InChI=1S/C20H17ClN6O3/c1-14-10-16(6-7-18(14)21)26(9-3-8-22)19(28)12-30-20(29)15-4-2-5-17(11-15)27-13-23-24-25-27/h2,4-7,10-11,13H,3,9,12H2,1H3. The fraction of sp³-hybridized carbons (Fsp3) is 0.200. The number of rotatable bonds is 7. The SMILES string of the molecule is Cc1cc(N(CCC#N)C(=O)COC(=O)c2cccc(-n3cnnn3)c2)ccc1Cl. The van der Waals surface area contributed by atoms with Crippen molar-refractivity contribution in [2.45, 2.75) is 13.3 Å². The van der Waals surface area contributed by atoms with Crippen LogP contribution in [-0.2, 0) is 9.53 Å². The van der Waals surface area contributed by atoms with Gasteiger partial charge in [0.05, 0.1) is 23.7 Å². The highest BCUT2D eigenvalue weighted by Gasteiger charge is 2.19. The summed E-state index contributed by atoms with van der Waals surface area (Å²) in [5, 5.41) is 20.3. The van der Waals surface area contributed by atoms with Crippen molar-refractivity contribution in [3.63, 3.8) is 0 Å². The number of carbonyl (C=O) groups is 2. The van der Waals surface area contributed by atoms with Gasteiger partial charge in [0.15, 0.2) is 6.61 Å². The third kappa shape index (κ3) is 4.98. The second kappa shape index (κ2) is 9.62. The number of nitrogens with zero attached hydrogens (tertiary/aromatic N) is 6. The lowest BCUT2D eigenvalue weighted by Gasteiger charge is -2.22. The number of ether oxygens (including phenoxy) is 1. The fourth-order valence-corrected chi connectivity index (χ4v) is 2.82. The normalized spacial score (nSPS) is 10.3. The van der Waals surface area contributed by atoms with Gasteiger partial charge in [-0.05, 0) is 59.3 Å². The Morgan fingerprint density at radius 1 is 1.27 bits per heavy atom. The van der Waals surface area contributed by atoms with Gasteiger partial charge in [-0.15, -0.1) is 5.10 Å². The highest BCUT2D eigenvalue weighted by Crippen LogP contribution is 2.23. The van der Waals surface area contributed by atoms with Gasteiger partial charge in [-0.3, -0.25) is 4.79 Å². The number of nitriles is 1. The summed E-state index contributed by atoms with van der Waals surface area (Å²) in [4.78, 5) is 26.5. The zero-order chi connectivity index (χ0) is 21.5. The molecule has 0 atom stereocenters. The Morgan fingerprint density at radius 3 is 2.80 bits per heavy atom. The van der Waals surface area contributed by atoms with Gasteiger partial charge < -0.3 is 9.64 Å². The van der Waals surface area contributed by atoms with Crippen LogP contribution in [0.25, 0.3) is 5.69 Å². The second-order valence-electron chi connectivity index (χ2n) is 6.27. The maximum Gasteiger partial charge on any atom is 0.338 e. The van der Waals surface area contributed by atoms with E-state index in [-0.39, 0.29) is 18.5 Å². The molecule has 9 nitrogen and oxygen atoms in total. The van der Waals surface area contributed by atoms with E-state index in [4.69, 9.17) is 21.6 Å². The van der Waals surface area contributed by atoms with Crippen LogP contribution in [0.5, 0.6) is 0 Å². The summed E-state index contributed by atoms with van der Waals surface area (Å²) in [7, 11) is 0. The van der Waals surface area contributed by atoms with E-state index in [1.54, 1.807) is 42.5 Å². The zero-order valence-corrected chi connectivity index (χ0v) is 16.8. The number of aryl methyl sites for hydroxylation is 1. The Kier molecular flexibility index (Phi) is 6.72. The minimum atomic E-state index is -0.661. The number of hydrogen-bond donors (Lipinski definition) is 0. The molecule has 0 spiro atoms. The molecule has 0 saturated carbocycles. The van der Waals surface area contributed by atoms with Gasteiger partial charge in [0.25, 0.3) is 5.91 Å². The maximum absolute atomic E-state index is 12.7. The Balaban J connectivity index is 1.70. The van der Waals surface area contributed by atoms with Crippen LogP contribution < -0.4 is 4.90 Å². The molecular weight excluding hydrogens is 408 g/mol. The van der Waals surface area contributed by atoms with Crippen LogP contribution in [-0.4, -0.2) is 45.2 Å². The van der Waals surface area contributed by atoms with Crippen molar-refractivity contribution in [2.24, 2.45) is 0 Å². The Morgan fingerprint density at radius 2 is 2.10 bits per heavy atom. The minimum absolute atomic E-state index is 0.134. The van der Waals surface area contributed by atoms with Crippen LogP contribution in [0, 0.1) is 18.3 Å². The maximum atomic E-state index is 12.7. The molecule has 0 bridgehead atoms. The number of anilines is 1. The molecular formula is C20H17ClN6O3. The number of esters is 1. The lowest BCUT2D eigenvalue weighted by atomic mass is 10.2. The molecule has 0 aliphatic carbocycles. The molecule has 1 amide bonds. The van der Waals surface area contributed by atoms with Gasteiger partial charge in [0, 0.05) is 17.3 Å². The number of carbonyl (C=O) groups excluding carboxylic acids is 2. The van der Waals surface area contributed by atoms with Crippen molar-refractivity contribution >= 4 is 29.2 Å². The highest BCUT2D eigenvalue weighted by molar-refractivity contribution is 6.31. The van der Waals surface area contributed by atoms with Crippen molar-refractivity contribution in [3.05, 3.63) is 64.9 Å². The lowest BCUT2D eigenvalue weighted by molar-refractivity contribution is -0.121. The Labute approximate surface area is 177 Å². The van der Waals surface area contributed by atoms with E-state index in [0.717, 1.165) is 5.56 Å². The van der Waals surface area contributed by atoms with Gasteiger partial charge in [0.1, 0.15) is 6.33 Å². The number of amides is 1. The van der Waals surface area contributed by atoms with E-state index >= 15 is 0 Å². The molecule has 30 heavy (non-hydrogen) atoms. The predicted octanol–water partition coefficient (Wildman–Crippen LogP) is 2.73. The van der Waals surface area contributed by atoms with Crippen molar-refractivity contribution in [2.75, 3.05) is 18.1 Å². The smallest absolute Gasteiger partial charge is 0.338 e. The minimum Gasteiger partial charge on any atom is -0.452 e. The van der Waals surface area contributed by atoms with E-state index in [0.29, 0.717) is 16.4 Å². The first-order chi connectivity index (χ1) is 14.5. The fourth-order valence-electron chi connectivity index (χ4n) is 2.70. The lowest BCUT2D eigenvalue weighted by Crippen LogP contribution is -2.35. The third-order valence-electron chi connectivity index (χ3n) is 4.22. The summed E-state index contributed by atoms with van der Waals surface area (Å²) < 4.78 is 6.60. The first-order valence-corrected chi connectivity index (χ1v) is 9.31. The Hall–Kier alpha value is -3.77.